The molecule has 0 atom stereocenters. The molecule has 0 radical (unpaired) electrons. The Labute approximate surface area is 143 Å². The van der Waals surface area contributed by atoms with Crippen molar-refractivity contribution in [2.45, 2.75) is 0 Å². The first-order valence-electron chi connectivity index (χ1n) is 7.35. The molecule has 2 rings (SSSR count). The highest BCUT2D eigenvalue weighted by Gasteiger charge is 2.07. The molecule has 0 fully saturated rings. The van der Waals surface area contributed by atoms with Gasteiger partial charge in [-0.25, -0.2) is 4.39 Å². The molecule has 3 amide bonds. The van der Waals surface area contributed by atoms with Crippen molar-refractivity contribution in [1.82, 2.24) is 5.32 Å². The van der Waals surface area contributed by atoms with E-state index in [0.29, 0.717) is 11.3 Å². The smallest absolute Gasteiger partial charge is 0.251 e. The van der Waals surface area contributed by atoms with E-state index >= 15 is 0 Å². The largest absolute Gasteiger partial charge is 0.368 e. The third-order valence-corrected chi connectivity index (χ3v) is 3.09. The zero-order chi connectivity index (χ0) is 18.2. The van der Waals surface area contributed by atoms with E-state index in [-0.39, 0.29) is 12.1 Å². The minimum atomic E-state index is -0.653. The van der Waals surface area contributed by atoms with E-state index < -0.39 is 23.5 Å². The molecule has 0 aliphatic rings. The highest BCUT2D eigenvalue weighted by Crippen LogP contribution is 2.11. The molecular formula is C18H16FN3O3. The van der Waals surface area contributed by atoms with E-state index in [1.165, 1.54) is 36.4 Å². The first-order chi connectivity index (χ1) is 11.9. The van der Waals surface area contributed by atoms with Crippen molar-refractivity contribution in [2.24, 2.45) is 5.73 Å². The number of rotatable bonds is 6. The Kier molecular flexibility index (Phi) is 6.00. The van der Waals surface area contributed by atoms with E-state index in [4.69, 9.17) is 5.73 Å². The SMILES string of the molecule is NC(=O)CNC(=O)c1cccc(NC(=O)/C=C/c2cccc(F)c2)c1. The number of amides is 3. The lowest BCUT2D eigenvalue weighted by molar-refractivity contribution is -0.117. The lowest BCUT2D eigenvalue weighted by Gasteiger charge is -2.06. The molecule has 0 saturated carbocycles. The summed E-state index contributed by atoms with van der Waals surface area (Å²) in [7, 11) is 0. The van der Waals surface area contributed by atoms with Gasteiger partial charge >= 0.3 is 0 Å². The van der Waals surface area contributed by atoms with E-state index in [2.05, 4.69) is 10.6 Å². The van der Waals surface area contributed by atoms with Gasteiger partial charge in [0.2, 0.25) is 11.8 Å². The van der Waals surface area contributed by atoms with Crippen LogP contribution in [-0.4, -0.2) is 24.3 Å². The van der Waals surface area contributed by atoms with E-state index in [9.17, 15) is 18.8 Å². The van der Waals surface area contributed by atoms with Gasteiger partial charge in [0, 0.05) is 17.3 Å². The van der Waals surface area contributed by atoms with Crippen LogP contribution < -0.4 is 16.4 Å². The first-order valence-corrected chi connectivity index (χ1v) is 7.35. The molecule has 0 aromatic heterocycles. The number of hydrogen-bond acceptors (Lipinski definition) is 3. The second kappa shape index (κ2) is 8.39. The minimum absolute atomic E-state index is 0.271. The summed E-state index contributed by atoms with van der Waals surface area (Å²) >= 11 is 0. The number of halogens is 1. The number of nitrogens with one attached hydrogen (secondary N) is 2. The highest BCUT2D eigenvalue weighted by atomic mass is 19.1. The van der Waals surface area contributed by atoms with Crippen LogP contribution in [0.15, 0.2) is 54.6 Å². The lowest BCUT2D eigenvalue weighted by Crippen LogP contribution is -2.33. The van der Waals surface area contributed by atoms with E-state index in [1.807, 2.05) is 0 Å². The fraction of sp³-hybridized carbons (Fsp3) is 0.0556. The van der Waals surface area contributed by atoms with Crippen molar-refractivity contribution in [3.05, 3.63) is 71.6 Å². The van der Waals surface area contributed by atoms with Crippen LogP contribution in [0.3, 0.4) is 0 Å². The molecule has 0 heterocycles. The third-order valence-electron chi connectivity index (χ3n) is 3.09. The monoisotopic (exact) mass is 341 g/mol. The maximum absolute atomic E-state index is 13.1. The molecule has 2 aromatic carbocycles. The average molecular weight is 341 g/mol. The van der Waals surface area contributed by atoms with E-state index in [0.717, 1.165) is 0 Å². The number of carbonyl (C=O) groups excluding carboxylic acids is 3. The molecule has 0 aliphatic heterocycles. The van der Waals surface area contributed by atoms with Crippen LogP contribution in [0.4, 0.5) is 10.1 Å². The summed E-state index contributed by atoms with van der Waals surface area (Å²) in [6.07, 6.45) is 2.73. The number of benzene rings is 2. The van der Waals surface area contributed by atoms with Crippen molar-refractivity contribution >= 4 is 29.5 Å². The van der Waals surface area contributed by atoms with Gasteiger partial charge < -0.3 is 16.4 Å². The Morgan fingerprint density at radius 2 is 1.84 bits per heavy atom. The first kappa shape index (κ1) is 17.9. The van der Waals surface area contributed by atoms with Gasteiger partial charge in [-0.05, 0) is 42.0 Å². The van der Waals surface area contributed by atoms with Gasteiger partial charge in [-0.1, -0.05) is 18.2 Å². The fourth-order valence-electron chi connectivity index (χ4n) is 1.97. The van der Waals surface area contributed by atoms with Crippen LogP contribution in [0.2, 0.25) is 0 Å². The summed E-state index contributed by atoms with van der Waals surface area (Å²) in [6, 6.07) is 12.0. The Morgan fingerprint density at radius 1 is 1.08 bits per heavy atom. The molecule has 6 nitrogen and oxygen atoms in total. The topological polar surface area (TPSA) is 101 Å². The molecule has 0 aliphatic carbocycles. The van der Waals surface area contributed by atoms with Crippen molar-refractivity contribution in [3.8, 4) is 0 Å². The second-order valence-electron chi connectivity index (χ2n) is 5.11. The Balaban J connectivity index is 2.00. The average Bonchev–Trinajstić information content (AvgIpc) is 2.58. The van der Waals surface area contributed by atoms with Crippen LogP contribution in [-0.2, 0) is 9.59 Å². The number of anilines is 1. The van der Waals surface area contributed by atoms with Crippen LogP contribution in [0.25, 0.3) is 6.08 Å². The standard InChI is InChI=1S/C18H16FN3O3/c19-14-5-1-3-12(9-14)7-8-17(24)22-15-6-2-4-13(10-15)18(25)21-11-16(20)23/h1-10H,11H2,(H2,20,23)(H,21,25)(H,22,24)/b8-7+. The summed E-state index contributed by atoms with van der Waals surface area (Å²) in [4.78, 5) is 34.4. The van der Waals surface area contributed by atoms with Crippen molar-refractivity contribution in [3.63, 3.8) is 0 Å². The zero-order valence-electron chi connectivity index (χ0n) is 13.2. The van der Waals surface area contributed by atoms with Crippen LogP contribution in [0.5, 0.6) is 0 Å². The van der Waals surface area contributed by atoms with Gasteiger partial charge in [0.05, 0.1) is 6.54 Å². The van der Waals surface area contributed by atoms with Gasteiger partial charge in [0.15, 0.2) is 0 Å². The highest BCUT2D eigenvalue weighted by molar-refractivity contribution is 6.03. The van der Waals surface area contributed by atoms with Crippen LogP contribution >= 0.6 is 0 Å². The summed E-state index contributed by atoms with van der Waals surface area (Å²) in [5, 5.41) is 4.95. The van der Waals surface area contributed by atoms with Crippen LogP contribution in [0, 0.1) is 5.82 Å². The predicted molar refractivity (Wildman–Crippen MR) is 92.0 cm³/mol. The number of hydrogen-bond donors (Lipinski definition) is 3. The maximum Gasteiger partial charge on any atom is 0.251 e. The molecule has 4 N–H and O–H groups in total. The minimum Gasteiger partial charge on any atom is -0.368 e. The molecule has 7 heteroatoms. The zero-order valence-corrected chi connectivity index (χ0v) is 13.2. The Hall–Kier alpha value is -3.48. The fourth-order valence-corrected chi connectivity index (χ4v) is 1.97. The third kappa shape index (κ3) is 5.91. The predicted octanol–water partition coefficient (Wildman–Crippen LogP) is 1.69. The van der Waals surface area contributed by atoms with Gasteiger partial charge in [0.1, 0.15) is 5.82 Å². The van der Waals surface area contributed by atoms with Crippen LogP contribution in [0.1, 0.15) is 15.9 Å². The lowest BCUT2D eigenvalue weighted by atomic mass is 10.2. The molecule has 0 bridgehead atoms. The Morgan fingerprint density at radius 3 is 2.56 bits per heavy atom. The van der Waals surface area contributed by atoms with Gasteiger partial charge in [-0.3, -0.25) is 14.4 Å². The quantitative estimate of drug-likeness (QED) is 0.697. The van der Waals surface area contributed by atoms with Crippen molar-refractivity contribution in [1.29, 1.82) is 0 Å². The molecule has 2 aromatic rings. The molecule has 25 heavy (non-hydrogen) atoms. The molecule has 0 spiro atoms. The van der Waals surface area contributed by atoms with Gasteiger partial charge in [-0.15, -0.1) is 0 Å². The number of primary amides is 1. The van der Waals surface area contributed by atoms with E-state index in [1.54, 1.807) is 24.3 Å². The summed E-state index contributed by atoms with van der Waals surface area (Å²) in [5.74, 6) is -1.96. The number of carbonyl (C=O) groups is 3. The normalized spacial score (nSPS) is 10.4. The molecular weight excluding hydrogens is 325 g/mol. The molecule has 0 unspecified atom stereocenters. The summed E-state index contributed by atoms with van der Waals surface area (Å²) in [6.45, 7) is -0.272. The molecule has 0 saturated heterocycles. The van der Waals surface area contributed by atoms with Crippen molar-refractivity contribution < 1.29 is 18.8 Å². The molecule has 128 valence electrons. The maximum atomic E-state index is 13.1. The summed E-state index contributed by atoms with van der Waals surface area (Å²) < 4.78 is 13.1. The second-order valence-corrected chi connectivity index (χ2v) is 5.11. The van der Waals surface area contributed by atoms with Crippen molar-refractivity contribution in [2.75, 3.05) is 11.9 Å². The Bertz CT molecular complexity index is 834. The van der Waals surface area contributed by atoms with Gasteiger partial charge in [0.25, 0.3) is 5.91 Å². The van der Waals surface area contributed by atoms with Gasteiger partial charge in [-0.2, -0.15) is 0 Å². The summed E-state index contributed by atoms with van der Waals surface area (Å²) in [5.41, 5.74) is 6.19. The number of nitrogens with two attached hydrogens (primary N) is 1.